The van der Waals surface area contributed by atoms with Gasteiger partial charge in [0.1, 0.15) is 0 Å². The van der Waals surface area contributed by atoms with Crippen molar-refractivity contribution < 1.29 is 5.11 Å². The molecule has 0 aliphatic heterocycles. The zero-order valence-corrected chi connectivity index (χ0v) is 15.4. The number of nitrogens with zero attached hydrogens (tertiary/aromatic N) is 1. The van der Waals surface area contributed by atoms with E-state index in [-0.39, 0.29) is 12.1 Å². The summed E-state index contributed by atoms with van der Waals surface area (Å²) in [5.41, 5.74) is -0.135. The molecule has 0 radical (unpaired) electrons. The highest BCUT2D eigenvalue weighted by molar-refractivity contribution is 4.83. The molecule has 128 valence electrons. The maximum absolute atomic E-state index is 9.68. The van der Waals surface area contributed by atoms with E-state index in [1.807, 2.05) is 0 Å². The maximum atomic E-state index is 9.68. The molecule has 3 nitrogen and oxygen atoms in total. The molecule has 0 rings (SSSR count). The van der Waals surface area contributed by atoms with Gasteiger partial charge in [0.05, 0.1) is 6.61 Å². The topological polar surface area (TPSA) is 35.5 Å². The predicted molar refractivity (Wildman–Crippen MR) is 93.8 cm³/mol. The quantitative estimate of drug-likeness (QED) is 0.546. The first-order valence-electron chi connectivity index (χ1n) is 8.91. The molecule has 0 saturated carbocycles. The maximum Gasteiger partial charge on any atom is 0.0611 e. The fourth-order valence-electron chi connectivity index (χ4n) is 2.27. The molecule has 0 bridgehead atoms. The molecule has 0 aliphatic carbocycles. The summed E-state index contributed by atoms with van der Waals surface area (Å²) in [5.74, 6) is 1.52. The van der Waals surface area contributed by atoms with Gasteiger partial charge < -0.3 is 15.3 Å². The zero-order valence-electron chi connectivity index (χ0n) is 15.4. The first kappa shape index (κ1) is 20.9. The van der Waals surface area contributed by atoms with Gasteiger partial charge in [-0.15, -0.1) is 0 Å². The Balaban J connectivity index is 4.34. The number of rotatable bonds is 13. The average Bonchev–Trinajstić information content (AvgIpc) is 2.43. The van der Waals surface area contributed by atoms with Crippen molar-refractivity contribution in [3.05, 3.63) is 0 Å². The van der Waals surface area contributed by atoms with Gasteiger partial charge >= 0.3 is 0 Å². The van der Waals surface area contributed by atoms with Gasteiger partial charge in [-0.3, -0.25) is 0 Å². The Hall–Kier alpha value is -0.120. The van der Waals surface area contributed by atoms with E-state index in [9.17, 15) is 5.11 Å². The molecule has 0 aromatic carbocycles. The normalized spacial score (nSPS) is 15.1. The van der Waals surface area contributed by atoms with Crippen LogP contribution in [-0.2, 0) is 0 Å². The van der Waals surface area contributed by atoms with Crippen LogP contribution in [0.5, 0.6) is 0 Å². The van der Waals surface area contributed by atoms with Gasteiger partial charge in [-0.25, -0.2) is 0 Å². The Labute approximate surface area is 133 Å². The highest BCUT2D eigenvalue weighted by atomic mass is 16.3. The Kier molecular flexibility index (Phi) is 11.4. The van der Waals surface area contributed by atoms with Gasteiger partial charge in [-0.05, 0) is 70.6 Å². The smallest absolute Gasteiger partial charge is 0.0611 e. The van der Waals surface area contributed by atoms with Crippen molar-refractivity contribution in [2.45, 2.75) is 72.8 Å². The van der Waals surface area contributed by atoms with Crippen LogP contribution in [0.4, 0.5) is 0 Å². The summed E-state index contributed by atoms with van der Waals surface area (Å²) in [6.07, 6.45) is 4.65. The molecule has 1 unspecified atom stereocenters. The largest absolute Gasteiger partial charge is 0.394 e. The van der Waals surface area contributed by atoms with E-state index in [0.29, 0.717) is 0 Å². The van der Waals surface area contributed by atoms with Gasteiger partial charge in [0.2, 0.25) is 0 Å². The van der Waals surface area contributed by atoms with E-state index in [0.717, 1.165) is 37.8 Å². The molecule has 0 aliphatic rings. The summed E-state index contributed by atoms with van der Waals surface area (Å²) >= 11 is 0. The highest BCUT2D eigenvalue weighted by Crippen LogP contribution is 2.13. The molecule has 1 atom stereocenters. The molecule has 3 heteroatoms. The van der Waals surface area contributed by atoms with Crippen molar-refractivity contribution >= 4 is 0 Å². The third kappa shape index (κ3) is 11.1. The lowest BCUT2D eigenvalue weighted by Crippen LogP contribution is -2.48. The lowest BCUT2D eigenvalue weighted by atomic mass is 9.98. The lowest BCUT2D eigenvalue weighted by Gasteiger charge is -2.32. The predicted octanol–water partition coefficient (Wildman–Crippen LogP) is 3.52. The van der Waals surface area contributed by atoms with Crippen LogP contribution in [0.2, 0.25) is 0 Å². The third-order valence-electron chi connectivity index (χ3n) is 4.18. The van der Waals surface area contributed by atoms with E-state index in [1.54, 1.807) is 0 Å². The number of hydrogen-bond donors (Lipinski definition) is 2. The van der Waals surface area contributed by atoms with E-state index >= 15 is 0 Å². The first-order chi connectivity index (χ1) is 9.83. The summed E-state index contributed by atoms with van der Waals surface area (Å²) < 4.78 is 0. The molecule has 2 N–H and O–H groups in total. The molecule has 21 heavy (non-hydrogen) atoms. The standard InChI is InChI=1S/C18H40N2O/c1-7-11-19-18(6,15-21)10-14-20(12-8-16(2)3)13-9-17(4)5/h16-17,19,21H,7-15H2,1-6H3. The van der Waals surface area contributed by atoms with Crippen LogP contribution in [0, 0.1) is 11.8 Å². The molecule has 0 amide bonds. The van der Waals surface area contributed by atoms with Crippen LogP contribution < -0.4 is 5.32 Å². The van der Waals surface area contributed by atoms with Gasteiger partial charge in [-0.1, -0.05) is 34.6 Å². The van der Waals surface area contributed by atoms with Crippen molar-refractivity contribution in [3.8, 4) is 0 Å². The minimum Gasteiger partial charge on any atom is -0.394 e. The van der Waals surface area contributed by atoms with E-state index in [1.165, 1.54) is 25.9 Å². The minimum absolute atomic E-state index is 0.135. The Morgan fingerprint density at radius 1 is 1.00 bits per heavy atom. The molecular formula is C18H40N2O. The summed E-state index contributed by atoms with van der Waals surface area (Å²) in [4.78, 5) is 2.58. The molecule has 0 spiro atoms. The fraction of sp³-hybridized carbons (Fsp3) is 1.00. The van der Waals surface area contributed by atoms with Crippen molar-refractivity contribution in [2.24, 2.45) is 11.8 Å². The van der Waals surface area contributed by atoms with Crippen LogP contribution in [0.25, 0.3) is 0 Å². The summed E-state index contributed by atoms with van der Waals surface area (Å²) in [7, 11) is 0. The summed E-state index contributed by atoms with van der Waals surface area (Å²) in [5, 5.41) is 13.2. The Morgan fingerprint density at radius 3 is 1.90 bits per heavy atom. The van der Waals surface area contributed by atoms with Crippen molar-refractivity contribution in [1.82, 2.24) is 10.2 Å². The van der Waals surface area contributed by atoms with Crippen LogP contribution in [0.3, 0.4) is 0 Å². The first-order valence-corrected chi connectivity index (χ1v) is 8.91. The van der Waals surface area contributed by atoms with Crippen molar-refractivity contribution in [1.29, 1.82) is 0 Å². The number of nitrogens with one attached hydrogen (secondary N) is 1. The SMILES string of the molecule is CCCNC(C)(CO)CCN(CCC(C)C)CCC(C)C. The van der Waals surface area contributed by atoms with Crippen LogP contribution in [0.15, 0.2) is 0 Å². The van der Waals surface area contributed by atoms with Crippen molar-refractivity contribution in [2.75, 3.05) is 32.8 Å². The molecular weight excluding hydrogens is 260 g/mol. The second-order valence-corrected chi connectivity index (χ2v) is 7.60. The summed E-state index contributed by atoms with van der Waals surface area (Å²) in [6, 6.07) is 0. The Morgan fingerprint density at radius 2 is 1.52 bits per heavy atom. The molecule has 0 aromatic heterocycles. The fourth-order valence-corrected chi connectivity index (χ4v) is 2.27. The van der Waals surface area contributed by atoms with E-state index in [2.05, 4.69) is 51.8 Å². The number of hydrogen-bond acceptors (Lipinski definition) is 3. The molecule has 0 heterocycles. The van der Waals surface area contributed by atoms with Crippen LogP contribution in [-0.4, -0.2) is 48.3 Å². The number of aliphatic hydroxyl groups is 1. The molecule has 0 saturated heterocycles. The Bertz CT molecular complexity index is 231. The second-order valence-electron chi connectivity index (χ2n) is 7.60. The average molecular weight is 301 g/mol. The minimum atomic E-state index is -0.135. The van der Waals surface area contributed by atoms with Gasteiger partial charge in [-0.2, -0.15) is 0 Å². The van der Waals surface area contributed by atoms with E-state index in [4.69, 9.17) is 0 Å². The van der Waals surface area contributed by atoms with Gasteiger partial charge in [0, 0.05) is 5.54 Å². The zero-order chi connectivity index (χ0) is 16.3. The molecule has 0 aromatic rings. The monoisotopic (exact) mass is 300 g/mol. The van der Waals surface area contributed by atoms with Crippen LogP contribution >= 0.6 is 0 Å². The lowest BCUT2D eigenvalue weighted by molar-refractivity contribution is 0.141. The third-order valence-corrected chi connectivity index (χ3v) is 4.18. The van der Waals surface area contributed by atoms with Crippen LogP contribution in [0.1, 0.15) is 67.2 Å². The van der Waals surface area contributed by atoms with E-state index < -0.39 is 0 Å². The van der Waals surface area contributed by atoms with Gasteiger partial charge in [0.15, 0.2) is 0 Å². The molecule has 0 fully saturated rings. The summed E-state index contributed by atoms with van der Waals surface area (Å²) in [6.45, 7) is 18.1. The number of aliphatic hydroxyl groups excluding tert-OH is 1. The van der Waals surface area contributed by atoms with Crippen molar-refractivity contribution in [3.63, 3.8) is 0 Å². The van der Waals surface area contributed by atoms with Gasteiger partial charge in [0.25, 0.3) is 0 Å². The highest BCUT2D eigenvalue weighted by Gasteiger charge is 2.23. The second kappa shape index (κ2) is 11.4.